The SMILES string of the molecule is C[C@@H](c1ccccc1)N(C)C(=O)c1ccc(N2CCCCC2=O)cc1. The molecule has 0 aliphatic carbocycles. The summed E-state index contributed by atoms with van der Waals surface area (Å²) in [5.41, 5.74) is 2.62. The Morgan fingerprint density at radius 3 is 2.36 bits per heavy atom. The number of carbonyl (C=O) groups is 2. The molecule has 2 aromatic rings. The maximum atomic E-state index is 12.8. The van der Waals surface area contributed by atoms with Crippen LogP contribution in [0.2, 0.25) is 0 Å². The van der Waals surface area contributed by atoms with Crippen LogP contribution in [0, 0.1) is 0 Å². The van der Waals surface area contributed by atoms with Crippen LogP contribution in [0.1, 0.15) is 48.1 Å². The number of hydrogen-bond donors (Lipinski definition) is 0. The van der Waals surface area contributed by atoms with Crippen molar-refractivity contribution < 1.29 is 9.59 Å². The lowest BCUT2D eigenvalue weighted by molar-refractivity contribution is -0.119. The standard InChI is InChI=1S/C21H24N2O2/c1-16(17-8-4-3-5-9-17)22(2)21(25)18-11-13-19(14-12-18)23-15-7-6-10-20(23)24/h3-5,8-9,11-14,16H,6-7,10,15H2,1-2H3/t16-/m0/s1. The topological polar surface area (TPSA) is 40.6 Å². The van der Waals surface area contributed by atoms with Gasteiger partial charge in [-0.3, -0.25) is 9.59 Å². The summed E-state index contributed by atoms with van der Waals surface area (Å²) in [5.74, 6) is 0.146. The Balaban J connectivity index is 1.73. The Hall–Kier alpha value is -2.62. The van der Waals surface area contributed by atoms with Gasteiger partial charge in [0.05, 0.1) is 6.04 Å². The van der Waals surface area contributed by atoms with Crippen molar-refractivity contribution in [3.63, 3.8) is 0 Å². The largest absolute Gasteiger partial charge is 0.335 e. The van der Waals surface area contributed by atoms with Crippen molar-refractivity contribution in [3.05, 3.63) is 65.7 Å². The third kappa shape index (κ3) is 3.73. The fourth-order valence-corrected chi connectivity index (χ4v) is 3.20. The van der Waals surface area contributed by atoms with Gasteiger partial charge in [0, 0.05) is 31.3 Å². The number of rotatable bonds is 4. The molecule has 1 aliphatic rings. The molecular weight excluding hydrogens is 312 g/mol. The zero-order valence-electron chi connectivity index (χ0n) is 14.8. The molecule has 25 heavy (non-hydrogen) atoms. The maximum absolute atomic E-state index is 12.8. The lowest BCUT2D eigenvalue weighted by atomic mass is 10.1. The summed E-state index contributed by atoms with van der Waals surface area (Å²) in [4.78, 5) is 28.3. The van der Waals surface area contributed by atoms with E-state index in [1.807, 2.05) is 73.5 Å². The van der Waals surface area contributed by atoms with E-state index in [0.29, 0.717) is 12.0 Å². The average Bonchev–Trinajstić information content (AvgIpc) is 2.67. The predicted octanol–water partition coefficient (Wildman–Crippen LogP) is 4.04. The summed E-state index contributed by atoms with van der Waals surface area (Å²) in [7, 11) is 1.82. The van der Waals surface area contributed by atoms with Gasteiger partial charge in [-0.05, 0) is 49.6 Å². The first-order valence-electron chi connectivity index (χ1n) is 8.80. The molecule has 4 nitrogen and oxygen atoms in total. The Morgan fingerprint density at radius 1 is 1.04 bits per heavy atom. The van der Waals surface area contributed by atoms with Gasteiger partial charge in [-0.1, -0.05) is 30.3 Å². The second-order valence-electron chi connectivity index (χ2n) is 6.55. The number of benzene rings is 2. The van der Waals surface area contributed by atoms with Crippen LogP contribution in [-0.2, 0) is 4.79 Å². The maximum Gasteiger partial charge on any atom is 0.254 e. The molecule has 2 amide bonds. The molecule has 3 rings (SSSR count). The van der Waals surface area contributed by atoms with Crippen LogP contribution in [0.3, 0.4) is 0 Å². The van der Waals surface area contributed by atoms with E-state index in [1.54, 1.807) is 4.90 Å². The minimum atomic E-state index is -0.0205. The van der Waals surface area contributed by atoms with E-state index in [4.69, 9.17) is 0 Å². The predicted molar refractivity (Wildman–Crippen MR) is 99.6 cm³/mol. The van der Waals surface area contributed by atoms with Gasteiger partial charge in [0.25, 0.3) is 5.91 Å². The molecule has 4 heteroatoms. The molecule has 1 fully saturated rings. The van der Waals surface area contributed by atoms with Crippen molar-refractivity contribution in [1.29, 1.82) is 0 Å². The molecular formula is C21H24N2O2. The fraction of sp³-hybridized carbons (Fsp3) is 0.333. The van der Waals surface area contributed by atoms with Crippen LogP contribution in [0.4, 0.5) is 5.69 Å². The molecule has 0 radical (unpaired) electrons. The van der Waals surface area contributed by atoms with Crippen molar-refractivity contribution in [1.82, 2.24) is 4.90 Å². The van der Waals surface area contributed by atoms with Gasteiger partial charge in [0.2, 0.25) is 5.91 Å². The second-order valence-corrected chi connectivity index (χ2v) is 6.55. The quantitative estimate of drug-likeness (QED) is 0.845. The molecule has 0 N–H and O–H groups in total. The molecule has 130 valence electrons. The first-order valence-corrected chi connectivity index (χ1v) is 8.80. The average molecular weight is 336 g/mol. The molecule has 0 spiro atoms. The number of piperidine rings is 1. The monoisotopic (exact) mass is 336 g/mol. The summed E-state index contributed by atoms with van der Waals surface area (Å²) in [5, 5.41) is 0. The molecule has 2 aromatic carbocycles. The highest BCUT2D eigenvalue weighted by molar-refractivity contribution is 5.97. The highest BCUT2D eigenvalue weighted by Crippen LogP contribution is 2.24. The molecule has 1 heterocycles. The van der Waals surface area contributed by atoms with E-state index in [-0.39, 0.29) is 17.9 Å². The summed E-state index contributed by atoms with van der Waals surface area (Å²) in [6.07, 6.45) is 2.61. The van der Waals surface area contributed by atoms with Crippen molar-refractivity contribution in [3.8, 4) is 0 Å². The molecule has 0 aromatic heterocycles. The van der Waals surface area contributed by atoms with Crippen LogP contribution >= 0.6 is 0 Å². The van der Waals surface area contributed by atoms with Crippen LogP contribution < -0.4 is 4.90 Å². The fourth-order valence-electron chi connectivity index (χ4n) is 3.20. The molecule has 0 saturated carbocycles. The Kier molecular flexibility index (Phi) is 5.17. The number of carbonyl (C=O) groups excluding carboxylic acids is 2. The van der Waals surface area contributed by atoms with Gasteiger partial charge in [0.1, 0.15) is 0 Å². The van der Waals surface area contributed by atoms with E-state index in [9.17, 15) is 9.59 Å². The number of nitrogens with zero attached hydrogens (tertiary/aromatic N) is 2. The normalized spacial score (nSPS) is 15.8. The second kappa shape index (κ2) is 7.51. The van der Waals surface area contributed by atoms with Gasteiger partial charge in [-0.15, -0.1) is 0 Å². The molecule has 0 unspecified atom stereocenters. The Morgan fingerprint density at radius 2 is 1.72 bits per heavy atom. The van der Waals surface area contributed by atoms with Crippen molar-refractivity contribution in [2.45, 2.75) is 32.2 Å². The van der Waals surface area contributed by atoms with Gasteiger partial charge in [0.15, 0.2) is 0 Å². The summed E-state index contributed by atoms with van der Waals surface area (Å²) < 4.78 is 0. The van der Waals surface area contributed by atoms with E-state index in [1.165, 1.54) is 0 Å². The van der Waals surface area contributed by atoms with E-state index < -0.39 is 0 Å². The summed E-state index contributed by atoms with van der Waals surface area (Å²) >= 11 is 0. The van der Waals surface area contributed by atoms with Crippen molar-refractivity contribution >= 4 is 17.5 Å². The van der Waals surface area contributed by atoms with E-state index in [0.717, 1.165) is 30.6 Å². The number of anilines is 1. The lowest BCUT2D eigenvalue weighted by Crippen LogP contribution is -2.35. The van der Waals surface area contributed by atoms with Crippen LogP contribution in [0.25, 0.3) is 0 Å². The highest BCUT2D eigenvalue weighted by atomic mass is 16.2. The minimum absolute atomic E-state index is 0.00273. The van der Waals surface area contributed by atoms with E-state index in [2.05, 4.69) is 0 Å². The summed E-state index contributed by atoms with van der Waals surface area (Å²) in [6.45, 7) is 2.78. The molecule has 0 bridgehead atoms. The van der Waals surface area contributed by atoms with Crippen molar-refractivity contribution in [2.24, 2.45) is 0 Å². The zero-order chi connectivity index (χ0) is 17.8. The summed E-state index contributed by atoms with van der Waals surface area (Å²) in [6, 6.07) is 17.4. The zero-order valence-corrected chi connectivity index (χ0v) is 14.8. The molecule has 1 saturated heterocycles. The van der Waals surface area contributed by atoms with Crippen LogP contribution in [0.15, 0.2) is 54.6 Å². The molecule has 1 atom stereocenters. The number of hydrogen-bond acceptors (Lipinski definition) is 2. The third-order valence-electron chi connectivity index (χ3n) is 4.93. The van der Waals surface area contributed by atoms with Gasteiger partial charge < -0.3 is 9.80 Å². The smallest absolute Gasteiger partial charge is 0.254 e. The first-order chi connectivity index (χ1) is 12.1. The van der Waals surface area contributed by atoms with Gasteiger partial charge >= 0.3 is 0 Å². The first kappa shape index (κ1) is 17.2. The molecule has 1 aliphatic heterocycles. The minimum Gasteiger partial charge on any atom is -0.335 e. The Labute approximate surface area is 149 Å². The van der Waals surface area contributed by atoms with Gasteiger partial charge in [-0.2, -0.15) is 0 Å². The van der Waals surface area contributed by atoms with Gasteiger partial charge in [-0.25, -0.2) is 0 Å². The Bertz CT molecular complexity index is 740. The third-order valence-corrected chi connectivity index (χ3v) is 4.93. The van der Waals surface area contributed by atoms with Crippen molar-refractivity contribution in [2.75, 3.05) is 18.5 Å². The van der Waals surface area contributed by atoms with Crippen LogP contribution in [-0.4, -0.2) is 30.3 Å². The van der Waals surface area contributed by atoms with E-state index >= 15 is 0 Å². The number of amides is 2. The van der Waals surface area contributed by atoms with Crippen LogP contribution in [0.5, 0.6) is 0 Å². The lowest BCUT2D eigenvalue weighted by Gasteiger charge is -2.28. The highest BCUT2D eigenvalue weighted by Gasteiger charge is 2.21.